The third-order valence-corrected chi connectivity index (χ3v) is 3.70. The molecule has 2 nitrogen and oxygen atoms in total. The summed E-state index contributed by atoms with van der Waals surface area (Å²) >= 11 is 23.9. The molecule has 1 heterocycles. The van der Waals surface area contributed by atoms with Crippen LogP contribution < -0.4 is 9.47 Å². The molecule has 0 bridgehead atoms. The lowest BCUT2D eigenvalue weighted by atomic mass is 10.2. The highest BCUT2D eigenvalue weighted by atomic mass is 35.5. The minimum atomic E-state index is 0.252. The van der Waals surface area contributed by atoms with Crippen LogP contribution in [0.1, 0.15) is 0 Å². The van der Waals surface area contributed by atoms with Crippen LogP contribution in [0.5, 0.6) is 23.0 Å². The summed E-state index contributed by atoms with van der Waals surface area (Å²) in [6.07, 6.45) is 0. The Hall–Kier alpha value is -0.800. The molecule has 0 atom stereocenters. The lowest BCUT2D eigenvalue weighted by Gasteiger charge is -2.22. The van der Waals surface area contributed by atoms with Crippen molar-refractivity contribution in [1.29, 1.82) is 0 Å². The summed E-state index contributed by atoms with van der Waals surface area (Å²) in [5.74, 6) is 1.63. The summed E-state index contributed by atoms with van der Waals surface area (Å²) in [7, 11) is 0. The first kappa shape index (κ1) is 12.2. The molecule has 6 heteroatoms. The Morgan fingerprint density at radius 2 is 1.44 bits per heavy atom. The molecule has 1 aliphatic rings. The molecule has 18 heavy (non-hydrogen) atoms. The summed E-state index contributed by atoms with van der Waals surface area (Å²) in [6, 6.07) is 6.53. The number of rotatable bonds is 0. The molecule has 0 saturated heterocycles. The van der Waals surface area contributed by atoms with Crippen LogP contribution >= 0.6 is 46.4 Å². The number of hydrogen-bond donors (Lipinski definition) is 0. The Morgan fingerprint density at radius 1 is 0.722 bits per heavy atom. The molecule has 3 rings (SSSR count). The summed E-state index contributed by atoms with van der Waals surface area (Å²) in [5.41, 5.74) is 0. The van der Waals surface area contributed by atoms with Crippen LogP contribution in [0, 0.1) is 0 Å². The van der Waals surface area contributed by atoms with E-state index in [4.69, 9.17) is 55.9 Å². The summed E-state index contributed by atoms with van der Waals surface area (Å²) in [6.45, 7) is 0. The number of ether oxygens (including phenoxy) is 2. The van der Waals surface area contributed by atoms with Crippen molar-refractivity contribution in [2.45, 2.75) is 0 Å². The van der Waals surface area contributed by atoms with Gasteiger partial charge in [-0.05, 0) is 18.2 Å². The van der Waals surface area contributed by atoms with Crippen molar-refractivity contribution in [2.24, 2.45) is 0 Å². The van der Waals surface area contributed by atoms with E-state index in [0.717, 1.165) is 0 Å². The molecule has 0 aromatic heterocycles. The molecule has 0 unspecified atom stereocenters. The van der Waals surface area contributed by atoms with Crippen molar-refractivity contribution in [3.8, 4) is 23.0 Å². The van der Waals surface area contributed by atoms with Crippen LogP contribution in [0.2, 0.25) is 20.1 Å². The van der Waals surface area contributed by atoms with Crippen LogP contribution in [0.25, 0.3) is 0 Å². The quantitative estimate of drug-likeness (QED) is 0.459. The normalized spacial score (nSPS) is 12.2. The topological polar surface area (TPSA) is 18.5 Å². The van der Waals surface area contributed by atoms with Gasteiger partial charge in [-0.25, -0.2) is 0 Å². The van der Waals surface area contributed by atoms with Gasteiger partial charge >= 0.3 is 0 Å². The van der Waals surface area contributed by atoms with Gasteiger partial charge < -0.3 is 9.47 Å². The van der Waals surface area contributed by atoms with E-state index in [9.17, 15) is 0 Å². The van der Waals surface area contributed by atoms with E-state index in [-0.39, 0.29) is 5.02 Å². The second kappa shape index (κ2) is 4.39. The Kier molecular flexibility index (Phi) is 2.99. The SMILES string of the molecule is Clc1ccc2c(c1)Oc1c(Cl)c(Cl)cc(Cl)c1O2. The predicted molar refractivity (Wildman–Crippen MR) is 73.1 cm³/mol. The minimum Gasteiger partial charge on any atom is -0.448 e. The highest BCUT2D eigenvalue weighted by molar-refractivity contribution is 6.44. The average molecular weight is 322 g/mol. The Balaban J connectivity index is 2.19. The van der Waals surface area contributed by atoms with E-state index in [1.54, 1.807) is 18.2 Å². The van der Waals surface area contributed by atoms with Gasteiger partial charge in [0.05, 0.1) is 10.0 Å². The Bertz CT molecular complexity index is 655. The van der Waals surface area contributed by atoms with Crippen LogP contribution in [0.3, 0.4) is 0 Å². The van der Waals surface area contributed by atoms with Gasteiger partial charge in [0.15, 0.2) is 23.0 Å². The molecule has 0 radical (unpaired) electrons. The monoisotopic (exact) mass is 320 g/mol. The zero-order valence-corrected chi connectivity index (χ0v) is 11.7. The van der Waals surface area contributed by atoms with Crippen molar-refractivity contribution in [1.82, 2.24) is 0 Å². The number of benzene rings is 2. The van der Waals surface area contributed by atoms with Gasteiger partial charge in [0.25, 0.3) is 0 Å². The van der Waals surface area contributed by atoms with Crippen LogP contribution in [0.4, 0.5) is 0 Å². The second-order valence-corrected chi connectivity index (χ2v) is 5.24. The van der Waals surface area contributed by atoms with Gasteiger partial charge in [-0.2, -0.15) is 0 Å². The number of hydrogen-bond acceptors (Lipinski definition) is 2. The number of fused-ring (bicyclic) bond motifs is 2. The van der Waals surface area contributed by atoms with Gasteiger partial charge in [-0.1, -0.05) is 46.4 Å². The zero-order chi connectivity index (χ0) is 12.9. The summed E-state index contributed by atoms with van der Waals surface area (Å²) < 4.78 is 11.3. The number of halogens is 4. The largest absolute Gasteiger partial charge is 0.448 e. The van der Waals surface area contributed by atoms with Gasteiger partial charge in [-0.15, -0.1) is 0 Å². The standard InChI is InChI=1S/C12H4Cl4O2/c13-5-1-2-8-9(3-5)18-12-10(16)6(14)4-7(15)11(12)17-8/h1-4H. The van der Waals surface area contributed by atoms with Crippen LogP contribution in [-0.4, -0.2) is 0 Å². The fourth-order valence-corrected chi connectivity index (χ4v) is 2.43. The minimum absolute atomic E-state index is 0.252. The molecule has 1 aliphatic heterocycles. The van der Waals surface area contributed by atoms with E-state index in [1.807, 2.05) is 0 Å². The maximum absolute atomic E-state index is 6.06. The lowest BCUT2D eigenvalue weighted by molar-refractivity contribution is 0.360. The highest BCUT2D eigenvalue weighted by Crippen LogP contribution is 2.53. The molecular formula is C12H4Cl4O2. The van der Waals surface area contributed by atoms with Gasteiger partial charge in [0.2, 0.25) is 0 Å². The zero-order valence-electron chi connectivity index (χ0n) is 8.64. The van der Waals surface area contributed by atoms with Crippen LogP contribution in [0.15, 0.2) is 24.3 Å². The molecular weight excluding hydrogens is 318 g/mol. The lowest BCUT2D eigenvalue weighted by Crippen LogP contribution is -2.00. The third-order valence-electron chi connectivity index (χ3n) is 2.42. The predicted octanol–water partition coefficient (Wildman–Crippen LogP) is 6.20. The second-order valence-electron chi connectivity index (χ2n) is 3.61. The Morgan fingerprint density at radius 3 is 2.22 bits per heavy atom. The van der Waals surface area contributed by atoms with Crippen molar-refractivity contribution in [3.63, 3.8) is 0 Å². The van der Waals surface area contributed by atoms with E-state index >= 15 is 0 Å². The summed E-state index contributed by atoms with van der Waals surface area (Å²) in [5, 5.41) is 1.42. The van der Waals surface area contributed by atoms with Crippen molar-refractivity contribution >= 4 is 46.4 Å². The molecule has 0 fully saturated rings. The molecule has 0 saturated carbocycles. The van der Waals surface area contributed by atoms with Crippen molar-refractivity contribution in [3.05, 3.63) is 44.4 Å². The van der Waals surface area contributed by atoms with Gasteiger partial charge in [0.1, 0.15) is 5.02 Å². The third kappa shape index (κ3) is 1.90. The molecule has 0 N–H and O–H groups in total. The highest BCUT2D eigenvalue weighted by Gasteiger charge is 2.26. The fraction of sp³-hybridized carbons (Fsp3) is 0. The molecule has 0 amide bonds. The molecule has 92 valence electrons. The van der Waals surface area contributed by atoms with E-state index in [1.165, 1.54) is 6.07 Å². The first-order chi connectivity index (χ1) is 8.56. The first-order valence-corrected chi connectivity index (χ1v) is 6.40. The molecule has 2 aromatic carbocycles. The maximum atomic E-state index is 6.06. The Labute approximate surface area is 123 Å². The molecule has 2 aromatic rings. The molecule has 0 aliphatic carbocycles. The van der Waals surface area contributed by atoms with Crippen LogP contribution in [-0.2, 0) is 0 Å². The van der Waals surface area contributed by atoms with Gasteiger partial charge in [-0.3, -0.25) is 0 Å². The van der Waals surface area contributed by atoms with E-state index in [2.05, 4.69) is 0 Å². The van der Waals surface area contributed by atoms with Crippen molar-refractivity contribution < 1.29 is 9.47 Å². The maximum Gasteiger partial charge on any atom is 0.191 e. The van der Waals surface area contributed by atoms with Crippen molar-refractivity contribution in [2.75, 3.05) is 0 Å². The van der Waals surface area contributed by atoms with E-state index < -0.39 is 0 Å². The fourth-order valence-electron chi connectivity index (χ4n) is 1.61. The average Bonchev–Trinajstić information content (AvgIpc) is 2.34. The smallest absolute Gasteiger partial charge is 0.191 e. The van der Waals surface area contributed by atoms with Gasteiger partial charge in [0, 0.05) is 11.1 Å². The molecule has 0 spiro atoms. The summed E-state index contributed by atoms with van der Waals surface area (Å²) in [4.78, 5) is 0. The first-order valence-electron chi connectivity index (χ1n) is 4.89. The van der Waals surface area contributed by atoms with E-state index in [0.29, 0.717) is 38.1 Å².